The number of carbonyl (C=O) groups is 1. The average molecular weight is 442 g/mol. The van der Waals surface area contributed by atoms with E-state index in [1.807, 2.05) is 58.0 Å². The number of carbonyl (C=O) groups excluding carboxylic acids is 1. The van der Waals surface area contributed by atoms with E-state index >= 15 is 0 Å². The third-order valence-corrected chi connectivity index (χ3v) is 5.57. The lowest BCUT2D eigenvalue weighted by Crippen LogP contribution is -2.13. The van der Waals surface area contributed by atoms with Crippen molar-refractivity contribution in [2.45, 2.75) is 34.6 Å². The van der Waals surface area contributed by atoms with Gasteiger partial charge in [-0.05, 0) is 65.0 Å². The van der Waals surface area contributed by atoms with E-state index in [0.29, 0.717) is 45.4 Å². The average Bonchev–Trinajstić information content (AvgIpc) is 3.44. The molecular weight excluding hydrogens is 420 g/mol. The molecule has 1 aromatic carbocycles. The minimum absolute atomic E-state index is 0.299. The van der Waals surface area contributed by atoms with Crippen LogP contribution in [-0.2, 0) is 0 Å². The van der Waals surface area contributed by atoms with Crippen molar-refractivity contribution in [1.29, 1.82) is 0 Å². The highest BCUT2D eigenvalue weighted by Crippen LogP contribution is 2.31. The Morgan fingerprint density at radius 2 is 1.73 bits per heavy atom. The minimum Gasteiger partial charge on any atom is -0.466 e. The number of aryl methyl sites for hydroxylation is 5. The Morgan fingerprint density at radius 1 is 0.909 bits per heavy atom. The molecule has 0 spiro atoms. The number of pyridine rings is 1. The Balaban J connectivity index is 1.54. The van der Waals surface area contributed by atoms with E-state index in [1.165, 1.54) is 0 Å². The smallest absolute Gasteiger partial charge is 0.259 e. The van der Waals surface area contributed by atoms with Gasteiger partial charge in [-0.15, -0.1) is 0 Å². The van der Waals surface area contributed by atoms with E-state index in [1.54, 1.807) is 13.0 Å². The second-order valence-electron chi connectivity index (χ2n) is 8.03. The molecule has 8 heteroatoms. The van der Waals surface area contributed by atoms with Crippen molar-refractivity contribution in [2.24, 2.45) is 0 Å². The van der Waals surface area contributed by atoms with Crippen molar-refractivity contribution in [3.63, 3.8) is 0 Å². The summed E-state index contributed by atoms with van der Waals surface area (Å²) in [5.41, 5.74) is 4.91. The zero-order valence-electron chi connectivity index (χ0n) is 18.9. The number of furan rings is 1. The van der Waals surface area contributed by atoms with Gasteiger partial charge in [0, 0.05) is 16.8 Å². The molecule has 4 aromatic heterocycles. The first-order valence-corrected chi connectivity index (χ1v) is 10.5. The standard InChI is InChI=1S/C25H22N4O4/c1-12-9-19(16(5)31-12)21-11-20(22-14(3)29-33-25(22)28-21)23(30)27-18-8-6-7-17(10-18)24-26-13(2)15(4)32-24/h6-11H,1-5H3,(H,27,30). The highest BCUT2D eigenvalue weighted by molar-refractivity contribution is 6.13. The van der Waals surface area contributed by atoms with Crippen molar-refractivity contribution in [3.8, 4) is 22.7 Å². The number of nitrogens with zero attached hydrogens (tertiary/aromatic N) is 3. The lowest BCUT2D eigenvalue weighted by Gasteiger charge is -2.09. The highest BCUT2D eigenvalue weighted by atomic mass is 16.5. The van der Waals surface area contributed by atoms with Gasteiger partial charge in [0.2, 0.25) is 5.89 Å². The maximum Gasteiger partial charge on any atom is 0.259 e. The summed E-state index contributed by atoms with van der Waals surface area (Å²) in [6.07, 6.45) is 0. The summed E-state index contributed by atoms with van der Waals surface area (Å²) in [6.45, 7) is 9.27. The first kappa shape index (κ1) is 20.7. The summed E-state index contributed by atoms with van der Waals surface area (Å²) in [4.78, 5) is 22.4. The van der Waals surface area contributed by atoms with E-state index in [0.717, 1.165) is 28.3 Å². The molecule has 0 radical (unpaired) electrons. The van der Waals surface area contributed by atoms with Gasteiger partial charge in [-0.1, -0.05) is 11.2 Å². The highest BCUT2D eigenvalue weighted by Gasteiger charge is 2.21. The van der Waals surface area contributed by atoms with Gasteiger partial charge in [0.25, 0.3) is 11.6 Å². The van der Waals surface area contributed by atoms with Crippen LogP contribution >= 0.6 is 0 Å². The molecule has 5 rings (SSSR count). The molecule has 1 N–H and O–H groups in total. The summed E-state index contributed by atoms with van der Waals surface area (Å²) in [6, 6.07) is 11.0. The van der Waals surface area contributed by atoms with Crippen LogP contribution in [0.1, 0.15) is 39.0 Å². The van der Waals surface area contributed by atoms with Crippen molar-refractivity contribution < 1.29 is 18.2 Å². The Bertz CT molecular complexity index is 1500. The van der Waals surface area contributed by atoms with E-state index in [4.69, 9.17) is 13.4 Å². The Kier molecular flexibility index (Phi) is 4.85. The van der Waals surface area contributed by atoms with Gasteiger partial charge in [0.1, 0.15) is 17.3 Å². The van der Waals surface area contributed by atoms with Crippen LogP contribution in [0.3, 0.4) is 0 Å². The van der Waals surface area contributed by atoms with Crippen LogP contribution in [0.5, 0.6) is 0 Å². The third kappa shape index (κ3) is 3.69. The normalized spacial score (nSPS) is 11.3. The lowest BCUT2D eigenvalue weighted by atomic mass is 10.1. The number of nitrogens with one attached hydrogen (secondary N) is 1. The fourth-order valence-corrected chi connectivity index (χ4v) is 3.82. The molecule has 0 fully saturated rings. The number of hydrogen-bond acceptors (Lipinski definition) is 7. The molecule has 0 aliphatic heterocycles. The van der Waals surface area contributed by atoms with Crippen molar-refractivity contribution in [3.05, 3.63) is 70.6 Å². The third-order valence-electron chi connectivity index (χ3n) is 5.57. The number of hydrogen-bond donors (Lipinski definition) is 1. The Morgan fingerprint density at radius 3 is 2.42 bits per heavy atom. The Hall–Kier alpha value is -4.20. The van der Waals surface area contributed by atoms with Crippen LogP contribution < -0.4 is 5.32 Å². The SMILES string of the molecule is Cc1cc(-c2cc(C(=O)Nc3cccc(-c4nc(C)c(C)o4)c3)c3c(C)noc3n2)c(C)o1. The summed E-state index contributed by atoms with van der Waals surface area (Å²) in [7, 11) is 0. The van der Waals surface area contributed by atoms with Crippen LogP contribution in [0.25, 0.3) is 33.8 Å². The van der Waals surface area contributed by atoms with Gasteiger partial charge < -0.3 is 18.7 Å². The maximum absolute atomic E-state index is 13.4. The molecule has 4 heterocycles. The zero-order chi connectivity index (χ0) is 23.3. The van der Waals surface area contributed by atoms with Crippen LogP contribution in [0, 0.1) is 34.6 Å². The van der Waals surface area contributed by atoms with Crippen molar-refractivity contribution >= 4 is 22.7 Å². The first-order valence-electron chi connectivity index (χ1n) is 10.5. The van der Waals surface area contributed by atoms with E-state index in [-0.39, 0.29) is 5.91 Å². The molecular formula is C25H22N4O4. The van der Waals surface area contributed by atoms with Gasteiger partial charge in [0.05, 0.1) is 28.0 Å². The second-order valence-corrected chi connectivity index (χ2v) is 8.03. The van der Waals surface area contributed by atoms with E-state index in [2.05, 4.69) is 20.4 Å². The fraction of sp³-hybridized carbons (Fsp3) is 0.200. The van der Waals surface area contributed by atoms with Crippen molar-refractivity contribution in [1.82, 2.24) is 15.1 Å². The predicted molar refractivity (Wildman–Crippen MR) is 123 cm³/mol. The molecule has 0 atom stereocenters. The molecule has 166 valence electrons. The molecule has 0 aliphatic rings. The number of rotatable bonds is 4. The molecule has 0 saturated carbocycles. The summed E-state index contributed by atoms with van der Waals surface area (Å²) in [5.74, 6) is 2.45. The van der Waals surface area contributed by atoms with Gasteiger partial charge in [-0.2, -0.15) is 0 Å². The summed E-state index contributed by atoms with van der Waals surface area (Å²) in [5, 5.41) is 7.55. The van der Waals surface area contributed by atoms with Crippen LogP contribution in [0.4, 0.5) is 5.69 Å². The summed E-state index contributed by atoms with van der Waals surface area (Å²) < 4.78 is 16.8. The quantitative estimate of drug-likeness (QED) is 0.367. The number of amides is 1. The van der Waals surface area contributed by atoms with Crippen LogP contribution in [0.2, 0.25) is 0 Å². The number of aromatic nitrogens is 3. The molecule has 5 aromatic rings. The molecule has 0 aliphatic carbocycles. The summed E-state index contributed by atoms with van der Waals surface area (Å²) >= 11 is 0. The van der Waals surface area contributed by atoms with E-state index in [9.17, 15) is 4.79 Å². The molecule has 0 saturated heterocycles. The fourth-order valence-electron chi connectivity index (χ4n) is 3.82. The number of anilines is 1. The molecule has 8 nitrogen and oxygen atoms in total. The predicted octanol–water partition coefficient (Wildman–Crippen LogP) is 5.93. The van der Waals surface area contributed by atoms with Crippen molar-refractivity contribution in [2.75, 3.05) is 5.32 Å². The Labute approximate surface area is 189 Å². The molecule has 0 unspecified atom stereocenters. The van der Waals surface area contributed by atoms with E-state index < -0.39 is 0 Å². The topological polar surface area (TPSA) is 107 Å². The van der Waals surface area contributed by atoms with Gasteiger partial charge >= 0.3 is 0 Å². The number of fused-ring (bicyclic) bond motifs is 1. The molecule has 0 bridgehead atoms. The van der Waals surface area contributed by atoms with Crippen LogP contribution in [-0.4, -0.2) is 21.0 Å². The minimum atomic E-state index is -0.301. The lowest BCUT2D eigenvalue weighted by molar-refractivity contribution is 0.102. The monoisotopic (exact) mass is 442 g/mol. The molecule has 33 heavy (non-hydrogen) atoms. The molecule has 1 amide bonds. The number of benzene rings is 1. The van der Waals surface area contributed by atoms with Gasteiger partial charge in [-0.3, -0.25) is 4.79 Å². The second kappa shape index (κ2) is 7.74. The van der Waals surface area contributed by atoms with Crippen LogP contribution in [0.15, 0.2) is 49.8 Å². The zero-order valence-corrected chi connectivity index (χ0v) is 18.9. The first-order chi connectivity index (χ1) is 15.8. The maximum atomic E-state index is 13.4. The van der Waals surface area contributed by atoms with Gasteiger partial charge in [-0.25, -0.2) is 9.97 Å². The number of oxazole rings is 1. The van der Waals surface area contributed by atoms with Gasteiger partial charge in [0.15, 0.2) is 0 Å². The largest absolute Gasteiger partial charge is 0.466 e.